The van der Waals surface area contributed by atoms with Gasteiger partial charge >= 0.3 is 12.0 Å². The van der Waals surface area contributed by atoms with Gasteiger partial charge in [0, 0.05) is 12.4 Å². The molecule has 0 radical (unpaired) electrons. The highest BCUT2D eigenvalue weighted by atomic mass is 16.5. The summed E-state index contributed by atoms with van der Waals surface area (Å²) in [5.41, 5.74) is 2.11. The maximum Gasteiger partial charge on any atom is 0.338 e. The molecule has 0 aliphatic carbocycles. The van der Waals surface area contributed by atoms with Crippen molar-refractivity contribution in [3.63, 3.8) is 0 Å². The zero-order valence-corrected chi connectivity index (χ0v) is 10.9. The Labute approximate surface area is 115 Å². The van der Waals surface area contributed by atoms with E-state index >= 15 is 0 Å². The number of carboxylic acid groups (broad SMARTS) is 1. The molecule has 6 heteroatoms. The summed E-state index contributed by atoms with van der Waals surface area (Å²) >= 11 is 0. The van der Waals surface area contributed by atoms with Crippen molar-refractivity contribution >= 4 is 5.97 Å². The van der Waals surface area contributed by atoms with Crippen LogP contribution >= 0.6 is 0 Å². The van der Waals surface area contributed by atoms with Crippen LogP contribution in [0.25, 0.3) is 0 Å². The highest BCUT2D eigenvalue weighted by Crippen LogP contribution is 2.27. The van der Waals surface area contributed by atoms with Crippen LogP contribution in [0.15, 0.2) is 24.5 Å². The van der Waals surface area contributed by atoms with Crippen molar-refractivity contribution in [2.75, 3.05) is 0 Å². The molecule has 100 valence electrons. The lowest BCUT2D eigenvalue weighted by molar-refractivity contribution is 0.0696. The highest BCUT2D eigenvalue weighted by molar-refractivity contribution is 5.86. The molecular formula is C14H11N3O3. The molecule has 1 heterocycles. The van der Waals surface area contributed by atoms with Gasteiger partial charge in [-0.05, 0) is 37.1 Å². The van der Waals surface area contributed by atoms with Crippen LogP contribution in [0, 0.1) is 25.2 Å². The number of aromatic carboxylic acids is 1. The van der Waals surface area contributed by atoms with Gasteiger partial charge in [-0.25, -0.2) is 14.8 Å². The van der Waals surface area contributed by atoms with E-state index in [1.807, 2.05) is 13.8 Å². The number of hydrogen-bond donors (Lipinski definition) is 1. The van der Waals surface area contributed by atoms with Crippen LogP contribution in [-0.2, 0) is 0 Å². The predicted octanol–water partition coefficient (Wildman–Crippen LogP) is 2.46. The van der Waals surface area contributed by atoms with E-state index in [0.29, 0.717) is 11.3 Å². The van der Waals surface area contributed by atoms with Crippen LogP contribution in [0.2, 0.25) is 0 Å². The number of ether oxygens (including phenoxy) is 1. The molecule has 2 aromatic rings. The second-order valence-electron chi connectivity index (χ2n) is 4.21. The molecule has 2 rings (SSSR count). The lowest BCUT2D eigenvalue weighted by Gasteiger charge is -2.10. The van der Waals surface area contributed by atoms with E-state index < -0.39 is 5.97 Å². The molecule has 0 atom stereocenters. The molecule has 0 fully saturated rings. The summed E-state index contributed by atoms with van der Waals surface area (Å²) in [5, 5.41) is 17.6. The summed E-state index contributed by atoms with van der Waals surface area (Å²) in [7, 11) is 0. The summed E-state index contributed by atoms with van der Waals surface area (Å²) in [6, 6.07) is 5.53. The fourth-order valence-corrected chi connectivity index (χ4v) is 1.75. The Hall–Kier alpha value is -2.94. The van der Waals surface area contributed by atoms with Gasteiger partial charge in [0.1, 0.15) is 5.75 Å². The summed E-state index contributed by atoms with van der Waals surface area (Å²) in [4.78, 5) is 18.4. The van der Waals surface area contributed by atoms with Gasteiger partial charge < -0.3 is 9.84 Å². The third kappa shape index (κ3) is 2.72. The maximum absolute atomic E-state index is 10.7. The normalized spacial score (nSPS) is 9.85. The Morgan fingerprint density at radius 1 is 1.25 bits per heavy atom. The van der Waals surface area contributed by atoms with Crippen LogP contribution in [-0.4, -0.2) is 21.0 Å². The second-order valence-corrected chi connectivity index (χ2v) is 4.21. The molecule has 1 N–H and O–H groups in total. The number of hydrogen-bond acceptors (Lipinski definition) is 5. The van der Waals surface area contributed by atoms with Crippen molar-refractivity contribution in [1.82, 2.24) is 9.97 Å². The number of benzene rings is 1. The van der Waals surface area contributed by atoms with Crippen molar-refractivity contribution in [2.45, 2.75) is 13.8 Å². The Morgan fingerprint density at radius 2 is 1.80 bits per heavy atom. The molecular weight excluding hydrogens is 258 g/mol. The third-order valence-electron chi connectivity index (χ3n) is 2.66. The third-order valence-corrected chi connectivity index (χ3v) is 2.66. The molecule has 1 aromatic heterocycles. The van der Waals surface area contributed by atoms with Gasteiger partial charge in [-0.15, -0.1) is 0 Å². The predicted molar refractivity (Wildman–Crippen MR) is 69.7 cm³/mol. The number of aromatic nitrogens is 2. The first-order valence-electron chi connectivity index (χ1n) is 5.76. The largest absolute Gasteiger partial charge is 0.478 e. The maximum atomic E-state index is 10.7. The SMILES string of the molecule is Cc1cc(C#N)cc(C)c1Oc1ncc(C(=O)O)cn1. The van der Waals surface area contributed by atoms with Crippen LogP contribution in [0.1, 0.15) is 27.0 Å². The van der Waals surface area contributed by atoms with Crippen LogP contribution < -0.4 is 4.74 Å². The van der Waals surface area contributed by atoms with Crippen LogP contribution in [0.5, 0.6) is 11.8 Å². The lowest BCUT2D eigenvalue weighted by Crippen LogP contribution is -2.01. The van der Waals surface area contributed by atoms with E-state index in [0.717, 1.165) is 11.1 Å². The standard InChI is InChI=1S/C14H11N3O3/c1-8-3-10(5-15)4-9(2)12(8)20-14-16-6-11(7-17-14)13(18)19/h3-4,6-7H,1-2H3,(H,18,19). The number of nitriles is 1. The smallest absolute Gasteiger partial charge is 0.338 e. The molecule has 0 amide bonds. The molecule has 20 heavy (non-hydrogen) atoms. The second kappa shape index (κ2) is 5.36. The summed E-state index contributed by atoms with van der Waals surface area (Å²) in [5.74, 6) is -0.533. The molecule has 0 spiro atoms. The minimum absolute atomic E-state index is 0.00868. The molecule has 0 bridgehead atoms. The van der Waals surface area contributed by atoms with E-state index in [1.54, 1.807) is 12.1 Å². The van der Waals surface area contributed by atoms with Crippen LogP contribution in [0.4, 0.5) is 0 Å². The average Bonchev–Trinajstić information content (AvgIpc) is 2.43. The number of carbonyl (C=O) groups is 1. The summed E-state index contributed by atoms with van der Waals surface area (Å²) in [6.07, 6.45) is 2.36. The fraction of sp³-hybridized carbons (Fsp3) is 0.143. The number of carboxylic acids is 1. The minimum atomic E-state index is -1.10. The van der Waals surface area contributed by atoms with Crippen molar-refractivity contribution in [3.8, 4) is 17.8 Å². The number of aryl methyl sites for hydroxylation is 2. The Balaban J connectivity index is 2.31. The van der Waals surface area contributed by atoms with E-state index in [1.165, 1.54) is 12.4 Å². The zero-order chi connectivity index (χ0) is 14.7. The molecule has 1 aromatic carbocycles. The lowest BCUT2D eigenvalue weighted by atomic mass is 10.1. The van der Waals surface area contributed by atoms with Gasteiger partial charge in [-0.2, -0.15) is 5.26 Å². The highest BCUT2D eigenvalue weighted by Gasteiger charge is 2.10. The number of nitrogens with zero attached hydrogens (tertiary/aromatic N) is 3. The number of rotatable bonds is 3. The van der Waals surface area contributed by atoms with E-state index in [4.69, 9.17) is 15.1 Å². The van der Waals surface area contributed by atoms with Gasteiger partial charge in [0.15, 0.2) is 0 Å². The first-order chi connectivity index (χ1) is 9.51. The monoisotopic (exact) mass is 269 g/mol. The topological polar surface area (TPSA) is 96.1 Å². The minimum Gasteiger partial charge on any atom is -0.478 e. The van der Waals surface area contributed by atoms with Crippen molar-refractivity contribution < 1.29 is 14.6 Å². The van der Waals surface area contributed by atoms with E-state index in [9.17, 15) is 4.79 Å². The van der Waals surface area contributed by atoms with Gasteiger partial charge in [-0.3, -0.25) is 0 Å². The van der Waals surface area contributed by atoms with Gasteiger partial charge in [0.25, 0.3) is 0 Å². The van der Waals surface area contributed by atoms with Crippen LogP contribution in [0.3, 0.4) is 0 Å². The Morgan fingerprint density at radius 3 is 2.25 bits per heavy atom. The van der Waals surface area contributed by atoms with Gasteiger partial charge in [-0.1, -0.05) is 0 Å². The molecule has 0 saturated carbocycles. The van der Waals surface area contributed by atoms with E-state index in [-0.39, 0.29) is 11.6 Å². The Kier molecular flexibility index (Phi) is 3.62. The molecule has 0 saturated heterocycles. The van der Waals surface area contributed by atoms with Gasteiger partial charge in [0.2, 0.25) is 0 Å². The van der Waals surface area contributed by atoms with E-state index in [2.05, 4.69) is 16.0 Å². The molecule has 0 aliphatic rings. The summed E-state index contributed by atoms with van der Waals surface area (Å²) in [6.45, 7) is 3.63. The fourth-order valence-electron chi connectivity index (χ4n) is 1.75. The summed E-state index contributed by atoms with van der Waals surface area (Å²) < 4.78 is 5.55. The quantitative estimate of drug-likeness (QED) is 0.919. The first kappa shape index (κ1) is 13.5. The average molecular weight is 269 g/mol. The molecule has 0 unspecified atom stereocenters. The van der Waals surface area contributed by atoms with Crippen molar-refractivity contribution in [1.29, 1.82) is 5.26 Å². The first-order valence-corrected chi connectivity index (χ1v) is 5.76. The zero-order valence-electron chi connectivity index (χ0n) is 10.9. The Bertz CT molecular complexity index is 680. The molecule has 6 nitrogen and oxygen atoms in total. The van der Waals surface area contributed by atoms with Crippen molar-refractivity contribution in [3.05, 3.63) is 46.8 Å². The van der Waals surface area contributed by atoms with Gasteiger partial charge in [0.05, 0.1) is 17.2 Å². The van der Waals surface area contributed by atoms with Crippen molar-refractivity contribution in [2.24, 2.45) is 0 Å². The molecule has 0 aliphatic heterocycles.